The van der Waals surface area contributed by atoms with Crippen molar-refractivity contribution in [2.45, 2.75) is 13.3 Å². The van der Waals surface area contributed by atoms with Crippen LogP contribution in [0.3, 0.4) is 0 Å². The van der Waals surface area contributed by atoms with Crippen LogP contribution in [0.2, 0.25) is 0 Å². The van der Waals surface area contributed by atoms with E-state index < -0.39 is 5.97 Å². The minimum Gasteiger partial charge on any atom is -0.476 e. The highest BCUT2D eigenvalue weighted by atomic mass is 32.1. The lowest BCUT2D eigenvalue weighted by molar-refractivity contribution is 0.0691. The molecule has 1 aromatic rings. The van der Waals surface area contributed by atoms with E-state index in [9.17, 15) is 9.59 Å². The number of nitrogens with zero attached hydrogens (tertiary/aromatic N) is 3. The van der Waals surface area contributed by atoms with Crippen molar-refractivity contribution in [3.8, 4) is 6.07 Å². The Morgan fingerprint density at radius 2 is 2.35 bits per heavy atom. The highest BCUT2D eigenvalue weighted by Crippen LogP contribution is 2.12. The van der Waals surface area contributed by atoms with E-state index in [0.29, 0.717) is 13.1 Å². The molecule has 0 fully saturated rings. The van der Waals surface area contributed by atoms with Crippen molar-refractivity contribution in [1.29, 1.82) is 5.26 Å². The van der Waals surface area contributed by atoms with Gasteiger partial charge in [-0.3, -0.25) is 4.79 Å². The Labute approximate surface area is 102 Å². The molecule has 0 bridgehead atoms. The maximum Gasteiger partial charge on any atom is 0.355 e. The van der Waals surface area contributed by atoms with E-state index in [2.05, 4.69) is 4.98 Å². The monoisotopic (exact) mass is 253 g/mol. The standard InChI is InChI=1S/C10H11N3O3S/c1-2-13(5-3-4-11)9(14)8-12-7(6-17-8)10(15)16/h6H,2-3,5H2,1H3,(H,15,16). The van der Waals surface area contributed by atoms with Crippen LogP contribution < -0.4 is 0 Å². The van der Waals surface area contributed by atoms with Gasteiger partial charge in [-0.25, -0.2) is 9.78 Å². The maximum atomic E-state index is 11.9. The fourth-order valence-corrected chi connectivity index (χ4v) is 1.95. The predicted molar refractivity (Wildman–Crippen MR) is 60.9 cm³/mol. The number of aromatic carboxylic acids is 1. The normalized spacial score (nSPS) is 9.65. The summed E-state index contributed by atoms with van der Waals surface area (Å²) in [5.74, 6) is -1.49. The van der Waals surface area contributed by atoms with Crippen molar-refractivity contribution >= 4 is 23.2 Å². The summed E-state index contributed by atoms with van der Waals surface area (Å²) in [5.41, 5.74) is -0.130. The summed E-state index contributed by atoms with van der Waals surface area (Å²) in [6.45, 7) is 2.58. The van der Waals surface area contributed by atoms with Gasteiger partial charge in [-0.2, -0.15) is 5.26 Å². The van der Waals surface area contributed by atoms with Crippen molar-refractivity contribution in [3.63, 3.8) is 0 Å². The van der Waals surface area contributed by atoms with Gasteiger partial charge < -0.3 is 10.0 Å². The first-order valence-electron chi connectivity index (χ1n) is 4.95. The van der Waals surface area contributed by atoms with Crippen LogP contribution in [0.15, 0.2) is 5.38 Å². The first kappa shape index (κ1) is 13.1. The largest absolute Gasteiger partial charge is 0.476 e. The molecule has 0 radical (unpaired) electrons. The van der Waals surface area contributed by atoms with Crippen LogP contribution in [0.25, 0.3) is 0 Å². The topological polar surface area (TPSA) is 94.3 Å². The molecule has 0 aliphatic rings. The average molecular weight is 253 g/mol. The molecule has 1 N–H and O–H groups in total. The Morgan fingerprint density at radius 1 is 1.65 bits per heavy atom. The number of carbonyl (C=O) groups is 2. The zero-order valence-electron chi connectivity index (χ0n) is 9.21. The van der Waals surface area contributed by atoms with E-state index in [-0.39, 0.29) is 23.0 Å². The van der Waals surface area contributed by atoms with Crippen molar-refractivity contribution in [3.05, 3.63) is 16.1 Å². The zero-order valence-corrected chi connectivity index (χ0v) is 10.0. The molecule has 1 rings (SSSR count). The van der Waals surface area contributed by atoms with Gasteiger partial charge in [-0.1, -0.05) is 0 Å². The number of hydrogen-bond acceptors (Lipinski definition) is 5. The molecule has 17 heavy (non-hydrogen) atoms. The minimum absolute atomic E-state index is 0.130. The van der Waals surface area contributed by atoms with Crippen LogP contribution in [0.5, 0.6) is 0 Å². The molecule has 0 unspecified atom stereocenters. The second-order valence-electron chi connectivity index (χ2n) is 3.14. The molecule has 7 heteroatoms. The zero-order chi connectivity index (χ0) is 12.8. The van der Waals surface area contributed by atoms with Gasteiger partial charge >= 0.3 is 5.97 Å². The molecule has 0 aliphatic carbocycles. The molecule has 1 heterocycles. The molecule has 0 spiro atoms. The summed E-state index contributed by atoms with van der Waals surface area (Å²) in [7, 11) is 0. The number of hydrogen-bond donors (Lipinski definition) is 1. The summed E-state index contributed by atoms with van der Waals surface area (Å²) in [5, 5.41) is 18.6. The lowest BCUT2D eigenvalue weighted by Gasteiger charge is -2.17. The van der Waals surface area contributed by atoms with Crippen molar-refractivity contribution < 1.29 is 14.7 Å². The third-order valence-electron chi connectivity index (χ3n) is 2.07. The van der Waals surface area contributed by atoms with Gasteiger partial charge in [-0.05, 0) is 6.92 Å². The van der Waals surface area contributed by atoms with Gasteiger partial charge in [0.1, 0.15) is 0 Å². The predicted octanol–water partition coefficient (Wildman–Crippen LogP) is 1.22. The van der Waals surface area contributed by atoms with E-state index in [1.54, 1.807) is 6.92 Å². The molecule has 0 atom stereocenters. The smallest absolute Gasteiger partial charge is 0.355 e. The summed E-state index contributed by atoms with van der Waals surface area (Å²) >= 11 is 0.997. The molecule has 0 aromatic carbocycles. The van der Waals surface area contributed by atoms with E-state index in [4.69, 9.17) is 10.4 Å². The Kier molecular flexibility index (Phi) is 4.60. The number of carbonyl (C=O) groups excluding carboxylic acids is 1. The Balaban J connectivity index is 2.79. The quantitative estimate of drug-likeness (QED) is 0.851. The van der Waals surface area contributed by atoms with Crippen LogP contribution in [-0.4, -0.2) is 40.0 Å². The fourth-order valence-electron chi connectivity index (χ4n) is 1.19. The Bertz CT molecular complexity index is 464. The molecule has 1 amide bonds. The van der Waals surface area contributed by atoms with Crippen LogP contribution in [-0.2, 0) is 0 Å². The summed E-state index contributed by atoms with van der Waals surface area (Å²) in [4.78, 5) is 27.7. The minimum atomic E-state index is -1.15. The van der Waals surface area contributed by atoms with Crippen molar-refractivity contribution in [1.82, 2.24) is 9.88 Å². The number of carboxylic acid groups (broad SMARTS) is 1. The number of amides is 1. The van der Waals surface area contributed by atoms with E-state index in [1.165, 1.54) is 10.3 Å². The fraction of sp³-hybridized carbons (Fsp3) is 0.400. The maximum absolute atomic E-state index is 11.9. The Morgan fingerprint density at radius 3 is 2.82 bits per heavy atom. The average Bonchev–Trinajstić information content (AvgIpc) is 2.79. The Hall–Kier alpha value is -1.94. The van der Waals surface area contributed by atoms with Crippen LogP contribution in [0, 0.1) is 11.3 Å². The molecular formula is C10H11N3O3S. The number of rotatable bonds is 5. The molecule has 1 aromatic heterocycles. The molecular weight excluding hydrogens is 242 g/mol. The van der Waals surface area contributed by atoms with Crippen LogP contribution >= 0.6 is 11.3 Å². The summed E-state index contributed by atoms with van der Waals surface area (Å²) < 4.78 is 0. The van der Waals surface area contributed by atoms with Gasteiger partial charge in [0.15, 0.2) is 10.7 Å². The van der Waals surface area contributed by atoms with E-state index in [1.807, 2.05) is 6.07 Å². The second-order valence-corrected chi connectivity index (χ2v) is 3.99. The molecule has 0 saturated heterocycles. The van der Waals surface area contributed by atoms with Gasteiger partial charge in [0, 0.05) is 18.5 Å². The highest BCUT2D eigenvalue weighted by molar-refractivity contribution is 7.11. The van der Waals surface area contributed by atoms with Gasteiger partial charge in [-0.15, -0.1) is 11.3 Å². The number of nitriles is 1. The summed E-state index contributed by atoms with van der Waals surface area (Å²) in [6.07, 6.45) is 0.247. The number of carboxylic acids is 1. The molecule has 0 aliphatic heterocycles. The number of thiazole rings is 1. The van der Waals surface area contributed by atoms with Crippen LogP contribution in [0.1, 0.15) is 33.6 Å². The third kappa shape index (κ3) is 3.26. The van der Waals surface area contributed by atoms with Gasteiger partial charge in [0.05, 0.1) is 12.5 Å². The van der Waals surface area contributed by atoms with Crippen molar-refractivity contribution in [2.75, 3.05) is 13.1 Å². The summed E-state index contributed by atoms with van der Waals surface area (Å²) in [6, 6.07) is 1.96. The lowest BCUT2D eigenvalue weighted by atomic mass is 10.4. The molecule has 90 valence electrons. The van der Waals surface area contributed by atoms with Gasteiger partial charge in [0.2, 0.25) is 0 Å². The number of aromatic nitrogens is 1. The van der Waals surface area contributed by atoms with Crippen molar-refractivity contribution in [2.24, 2.45) is 0 Å². The van der Waals surface area contributed by atoms with E-state index in [0.717, 1.165) is 11.3 Å². The SMILES string of the molecule is CCN(CCC#N)C(=O)c1nc(C(=O)O)cs1. The first-order valence-corrected chi connectivity index (χ1v) is 5.83. The third-order valence-corrected chi connectivity index (χ3v) is 2.90. The lowest BCUT2D eigenvalue weighted by Crippen LogP contribution is -2.31. The molecule has 0 saturated carbocycles. The van der Waals surface area contributed by atoms with Gasteiger partial charge in [0.25, 0.3) is 5.91 Å². The highest BCUT2D eigenvalue weighted by Gasteiger charge is 2.19. The van der Waals surface area contributed by atoms with Crippen LogP contribution in [0.4, 0.5) is 0 Å². The van der Waals surface area contributed by atoms with E-state index >= 15 is 0 Å². The molecule has 6 nitrogen and oxygen atoms in total. The second kappa shape index (κ2) is 5.96. The first-order chi connectivity index (χ1) is 8.10.